The normalized spacial score (nSPS) is 10.6. The summed E-state index contributed by atoms with van der Waals surface area (Å²) in [6, 6.07) is 11.6. The molecule has 0 unspecified atom stereocenters. The molecule has 6 nitrogen and oxygen atoms in total. The Kier molecular flexibility index (Phi) is 4.90. The van der Waals surface area contributed by atoms with E-state index in [1.807, 2.05) is 48.9 Å². The van der Waals surface area contributed by atoms with Gasteiger partial charge in [0.05, 0.1) is 28.5 Å². The first kappa shape index (κ1) is 16.2. The Morgan fingerprint density at radius 3 is 2.54 bits per heavy atom. The third-order valence-electron chi connectivity index (χ3n) is 3.43. The van der Waals surface area contributed by atoms with Gasteiger partial charge in [0.1, 0.15) is 0 Å². The molecule has 2 aromatic heterocycles. The average Bonchev–Trinajstić information content (AvgIpc) is 2.90. The molecule has 3 aromatic rings. The number of para-hydroxylation sites is 1. The van der Waals surface area contributed by atoms with E-state index in [1.165, 1.54) is 11.8 Å². The second-order valence-electron chi connectivity index (χ2n) is 5.16. The van der Waals surface area contributed by atoms with Crippen LogP contribution in [0.5, 0.6) is 0 Å². The van der Waals surface area contributed by atoms with Crippen molar-refractivity contribution in [2.24, 2.45) is 0 Å². The van der Waals surface area contributed by atoms with Gasteiger partial charge in [-0.3, -0.25) is 4.79 Å². The fourth-order valence-corrected chi connectivity index (χ4v) is 2.91. The van der Waals surface area contributed by atoms with Crippen molar-refractivity contribution in [1.82, 2.24) is 19.7 Å². The summed E-state index contributed by atoms with van der Waals surface area (Å²) >= 11 is 1.30. The molecule has 1 amide bonds. The molecule has 122 valence electrons. The number of thioether (sulfide) groups is 1. The van der Waals surface area contributed by atoms with Gasteiger partial charge in [-0.15, -0.1) is 0 Å². The minimum Gasteiger partial charge on any atom is -0.322 e. The molecule has 0 bridgehead atoms. The summed E-state index contributed by atoms with van der Waals surface area (Å²) in [4.78, 5) is 20.4. The lowest BCUT2D eigenvalue weighted by Crippen LogP contribution is -2.15. The molecule has 0 saturated carbocycles. The Balaban J connectivity index is 1.71. The number of carbonyl (C=O) groups is 1. The van der Waals surface area contributed by atoms with Gasteiger partial charge in [-0.1, -0.05) is 30.0 Å². The van der Waals surface area contributed by atoms with Gasteiger partial charge in [0.15, 0.2) is 5.16 Å². The van der Waals surface area contributed by atoms with Crippen LogP contribution in [-0.2, 0) is 4.79 Å². The summed E-state index contributed by atoms with van der Waals surface area (Å²) in [6.07, 6.45) is 3.32. The molecular weight excluding hydrogens is 322 g/mol. The monoisotopic (exact) mass is 339 g/mol. The molecule has 2 heterocycles. The highest BCUT2D eigenvalue weighted by Crippen LogP contribution is 2.23. The molecule has 1 aromatic carbocycles. The topological polar surface area (TPSA) is 72.7 Å². The largest absolute Gasteiger partial charge is 0.322 e. The Morgan fingerprint density at radius 2 is 1.83 bits per heavy atom. The van der Waals surface area contributed by atoms with E-state index in [0.29, 0.717) is 5.16 Å². The van der Waals surface area contributed by atoms with Crippen LogP contribution in [-0.4, -0.2) is 31.4 Å². The number of amides is 1. The average molecular weight is 339 g/mol. The van der Waals surface area contributed by atoms with Crippen molar-refractivity contribution in [3.8, 4) is 5.69 Å². The molecular formula is C17H17N5OS. The van der Waals surface area contributed by atoms with Gasteiger partial charge < -0.3 is 5.32 Å². The van der Waals surface area contributed by atoms with Crippen molar-refractivity contribution in [1.29, 1.82) is 0 Å². The van der Waals surface area contributed by atoms with E-state index in [2.05, 4.69) is 20.4 Å². The number of nitrogens with zero attached hydrogens (tertiary/aromatic N) is 4. The van der Waals surface area contributed by atoms with Crippen LogP contribution in [0.25, 0.3) is 5.69 Å². The number of aromatic nitrogens is 4. The van der Waals surface area contributed by atoms with Gasteiger partial charge >= 0.3 is 0 Å². The van der Waals surface area contributed by atoms with E-state index < -0.39 is 0 Å². The number of carbonyl (C=O) groups excluding carboxylic acids is 1. The van der Waals surface area contributed by atoms with Crippen molar-refractivity contribution in [2.75, 3.05) is 11.1 Å². The molecule has 0 spiro atoms. The highest BCUT2D eigenvalue weighted by molar-refractivity contribution is 7.99. The minimum atomic E-state index is -0.105. The molecule has 1 N–H and O–H groups in total. The number of anilines is 1. The number of aryl methyl sites for hydroxylation is 1. The SMILES string of the molecule is Cc1nn(-c2ccccc2)c(C)c1NC(=O)CSc1ncccn1. The Morgan fingerprint density at radius 1 is 1.12 bits per heavy atom. The van der Waals surface area contributed by atoms with E-state index in [-0.39, 0.29) is 11.7 Å². The van der Waals surface area contributed by atoms with Gasteiger partial charge in [-0.25, -0.2) is 14.6 Å². The molecule has 3 rings (SSSR count). The Labute approximate surface area is 144 Å². The molecule has 7 heteroatoms. The number of hydrogen-bond acceptors (Lipinski definition) is 5. The minimum absolute atomic E-state index is 0.105. The van der Waals surface area contributed by atoms with Gasteiger partial charge in [-0.2, -0.15) is 5.10 Å². The molecule has 0 saturated heterocycles. The van der Waals surface area contributed by atoms with Crippen LogP contribution in [0.3, 0.4) is 0 Å². The maximum absolute atomic E-state index is 12.2. The summed E-state index contributed by atoms with van der Waals surface area (Å²) in [5.74, 6) is 0.144. The fourth-order valence-electron chi connectivity index (χ4n) is 2.31. The maximum atomic E-state index is 12.2. The summed E-state index contributed by atoms with van der Waals surface area (Å²) < 4.78 is 1.83. The quantitative estimate of drug-likeness (QED) is 0.571. The summed E-state index contributed by atoms with van der Waals surface area (Å²) in [5, 5.41) is 8.05. The third-order valence-corrected chi connectivity index (χ3v) is 4.31. The molecule has 0 aliphatic carbocycles. The van der Waals surface area contributed by atoms with Crippen LogP contribution >= 0.6 is 11.8 Å². The number of rotatable bonds is 5. The lowest BCUT2D eigenvalue weighted by molar-refractivity contribution is -0.113. The van der Waals surface area contributed by atoms with Crippen LogP contribution in [0.15, 0.2) is 53.9 Å². The summed E-state index contributed by atoms with van der Waals surface area (Å²) in [6.45, 7) is 3.82. The van der Waals surface area contributed by atoms with Crippen LogP contribution in [0.1, 0.15) is 11.4 Å². The van der Waals surface area contributed by atoms with Crippen LogP contribution in [0.2, 0.25) is 0 Å². The predicted molar refractivity (Wildman–Crippen MR) is 94.4 cm³/mol. The van der Waals surface area contributed by atoms with Crippen molar-refractivity contribution >= 4 is 23.4 Å². The van der Waals surface area contributed by atoms with Gasteiger partial charge in [0.25, 0.3) is 0 Å². The van der Waals surface area contributed by atoms with E-state index in [9.17, 15) is 4.79 Å². The van der Waals surface area contributed by atoms with Crippen LogP contribution in [0, 0.1) is 13.8 Å². The molecule has 0 radical (unpaired) electrons. The van der Waals surface area contributed by atoms with Crippen molar-refractivity contribution < 1.29 is 4.79 Å². The number of benzene rings is 1. The second kappa shape index (κ2) is 7.27. The lowest BCUT2D eigenvalue weighted by Gasteiger charge is -2.06. The number of hydrogen-bond donors (Lipinski definition) is 1. The first-order chi connectivity index (χ1) is 11.6. The first-order valence-corrected chi connectivity index (χ1v) is 8.45. The molecule has 0 fully saturated rings. The molecule has 24 heavy (non-hydrogen) atoms. The Bertz CT molecular complexity index is 833. The number of nitrogens with one attached hydrogen (secondary N) is 1. The Hall–Kier alpha value is -2.67. The maximum Gasteiger partial charge on any atom is 0.234 e. The van der Waals surface area contributed by atoms with Crippen molar-refractivity contribution in [3.05, 3.63) is 60.2 Å². The van der Waals surface area contributed by atoms with Crippen molar-refractivity contribution in [3.63, 3.8) is 0 Å². The lowest BCUT2D eigenvalue weighted by atomic mass is 10.3. The molecule has 0 aliphatic heterocycles. The second-order valence-corrected chi connectivity index (χ2v) is 6.10. The highest BCUT2D eigenvalue weighted by Gasteiger charge is 2.15. The zero-order chi connectivity index (χ0) is 16.9. The zero-order valence-corrected chi connectivity index (χ0v) is 14.2. The highest BCUT2D eigenvalue weighted by atomic mass is 32.2. The van der Waals surface area contributed by atoms with Gasteiger partial charge in [0.2, 0.25) is 5.91 Å². The van der Waals surface area contributed by atoms with E-state index in [0.717, 1.165) is 22.8 Å². The molecule has 0 atom stereocenters. The van der Waals surface area contributed by atoms with E-state index in [4.69, 9.17) is 0 Å². The van der Waals surface area contributed by atoms with E-state index >= 15 is 0 Å². The zero-order valence-electron chi connectivity index (χ0n) is 13.4. The van der Waals surface area contributed by atoms with Gasteiger partial charge in [-0.05, 0) is 32.0 Å². The fraction of sp³-hybridized carbons (Fsp3) is 0.176. The summed E-state index contributed by atoms with van der Waals surface area (Å²) in [7, 11) is 0. The first-order valence-electron chi connectivity index (χ1n) is 7.46. The molecule has 0 aliphatic rings. The van der Waals surface area contributed by atoms with Crippen molar-refractivity contribution in [2.45, 2.75) is 19.0 Å². The standard InChI is InChI=1S/C17H17N5OS/c1-12-16(13(2)22(21-12)14-7-4-3-5-8-14)20-15(23)11-24-17-18-9-6-10-19-17/h3-10H,11H2,1-2H3,(H,20,23). The third kappa shape index (κ3) is 3.62. The smallest absolute Gasteiger partial charge is 0.234 e. The van der Waals surface area contributed by atoms with Crippen LogP contribution in [0.4, 0.5) is 5.69 Å². The summed E-state index contributed by atoms with van der Waals surface area (Å²) in [5.41, 5.74) is 3.39. The van der Waals surface area contributed by atoms with Crippen LogP contribution < -0.4 is 5.32 Å². The van der Waals surface area contributed by atoms with E-state index in [1.54, 1.807) is 18.5 Å². The predicted octanol–water partition coefficient (Wildman–Crippen LogP) is 3.01. The van der Waals surface area contributed by atoms with Gasteiger partial charge in [0, 0.05) is 12.4 Å².